The van der Waals surface area contributed by atoms with Crippen LogP contribution in [-0.4, -0.2) is 42.7 Å². The molecule has 0 atom stereocenters. The van der Waals surface area contributed by atoms with Crippen molar-refractivity contribution in [3.8, 4) is 5.88 Å². The standard InChI is InChI=1S/C17H31N3O/c1-13(2)15-10-14(12-18-17(3,4)5)11-16(19-15)21-9-8-20(6)7/h10-11,13,18H,8-9,12H2,1-7H3. The average Bonchev–Trinajstić information content (AvgIpc) is 2.35. The number of aromatic nitrogens is 1. The summed E-state index contributed by atoms with van der Waals surface area (Å²) in [5.41, 5.74) is 2.42. The molecule has 4 heteroatoms. The molecule has 1 N–H and O–H groups in total. The molecule has 21 heavy (non-hydrogen) atoms. The Bertz CT molecular complexity index is 436. The van der Waals surface area contributed by atoms with E-state index in [-0.39, 0.29) is 5.54 Å². The highest BCUT2D eigenvalue weighted by Gasteiger charge is 2.11. The van der Waals surface area contributed by atoms with Crippen LogP contribution in [0.3, 0.4) is 0 Å². The maximum Gasteiger partial charge on any atom is 0.213 e. The number of hydrogen-bond acceptors (Lipinski definition) is 4. The Kier molecular flexibility index (Phi) is 6.62. The Morgan fingerprint density at radius 3 is 2.43 bits per heavy atom. The van der Waals surface area contributed by atoms with E-state index in [9.17, 15) is 0 Å². The van der Waals surface area contributed by atoms with Crippen molar-refractivity contribution in [3.63, 3.8) is 0 Å². The second-order valence-electron chi connectivity index (χ2n) is 7.15. The highest BCUT2D eigenvalue weighted by Crippen LogP contribution is 2.19. The van der Waals surface area contributed by atoms with Gasteiger partial charge in [0.25, 0.3) is 0 Å². The summed E-state index contributed by atoms with van der Waals surface area (Å²) in [6.45, 7) is 13.2. The van der Waals surface area contributed by atoms with Crippen LogP contribution >= 0.6 is 0 Å². The molecule has 0 saturated carbocycles. The Balaban J connectivity index is 2.80. The number of nitrogens with one attached hydrogen (secondary N) is 1. The second kappa shape index (κ2) is 7.76. The number of pyridine rings is 1. The van der Waals surface area contributed by atoms with Crippen molar-refractivity contribution in [2.75, 3.05) is 27.2 Å². The third-order valence-electron chi connectivity index (χ3n) is 3.08. The van der Waals surface area contributed by atoms with Gasteiger partial charge in [-0.3, -0.25) is 0 Å². The first-order chi connectivity index (χ1) is 9.67. The fourth-order valence-corrected chi connectivity index (χ4v) is 1.75. The summed E-state index contributed by atoms with van der Waals surface area (Å²) in [7, 11) is 4.08. The molecule has 0 unspecified atom stereocenters. The number of nitrogens with zero attached hydrogens (tertiary/aromatic N) is 2. The van der Waals surface area contributed by atoms with E-state index in [1.54, 1.807) is 0 Å². The van der Waals surface area contributed by atoms with E-state index in [2.05, 4.69) is 55.9 Å². The zero-order valence-corrected chi connectivity index (χ0v) is 14.7. The van der Waals surface area contributed by atoms with Crippen LogP contribution in [0.25, 0.3) is 0 Å². The molecule has 120 valence electrons. The van der Waals surface area contributed by atoms with Crippen LogP contribution in [-0.2, 0) is 6.54 Å². The van der Waals surface area contributed by atoms with Crippen molar-refractivity contribution in [2.24, 2.45) is 0 Å². The number of likely N-dealkylation sites (N-methyl/N-ethyl adjacent to an activating group) is 1. The lowest BCUT2D eigenvalue weighted by Crippen LogP contribution is -2.35. The minimum absolute atomic E-state index is 0.104. The summed E-state index contributed by atoms with van der Waals surface area (Å²) in [5, 5.41) is 3.51. The summed E-state index contributed by atoms with van der Waals surface area (Å²) in [4.78, 5) is 6.71. The maximum absolute atomic E-state index is 5.80. The molecule has 0 aliphatic carbocycles. The number of ether oxygens (including phenoxy) is 1. The Hall–Kier alpha value is -1.13. The van der Waals surface area contributed by atoms with Crippen molar-refractivity contribution in [2.45, 2.75) is 52.6 Å². The summed E-state index contributed by atoms with van der Waals surface area (Å²) < 4.78 is 5.80. The first kappa shape index (κ1) is 17.9. The van der Waals surface area contributed by atoms with Gasteiger partial charge in [0.05, 0.1) is 0 Å². The lowest BCUT2D eigenvalue weighted by molar-refractivity contribution is 0.253. The van der Waals surface area contributed by atoms with Crippen molar-refractivity contribution in [3.05, 3.63) is 23.4 Å². The van der Waals surface area contributed by atoms with Gasteiger partial charge in [0.15, 0.2) is 0 Å². The van der Waals surface area contributed by atoms with E-state index < -0.39 is 0 Å². The molecule has 0 spiro atoms. The van der Waals surface area contributed by atoms with Gasteiger partial charge in [-0.25, -0.2) is 4.98 Å². The largest absolute Gasteiger partial charge is 0.476 e. The van der Waals surface area contributed by atoms with E-state index in [4.69, 9.17) is 4.74 Å². The van der Waals surface area contributed by atoms with E-state index >= 15 is 0 Å². The summed E-state index contributed by atoms with van der Waals surface area (Å²) in [6, 6.07) is 4.21. The Morgan fingerprint density at radius 1 is 1.24 bits per heavy atom. The zero-order chi connectivity index (χ0) is 16.0. The van der Waals surface area contributed by atoms with Gasteiger partial charge in [-0.2, -0.15) is 0 Å². The van der Waals surface area contributed by atoms with Gasteiger partial charge in [0, 0.05) is 30.4 Å². The molecular formula is C17H31N3O. The average molecular weight is 293 g/mol. The molecule has 4 nitrogen and oxygen atoms in total. The Morgan fingerprint density at radius 2 is 1.90 bits per heavy atom. The molecule has 1 aromatic heterocycles. The predicted molar refractivity (Wildman–Crippen MR) is 89.0 cm³/mol. The van der Waals surface area contributed by atoms with E-state index in [0.717, 1.165) is 24.7 Å². The minimum atomic E-state index is 0.104. The third-order valence-corrected chi connectivity index (χ3v) is 3.08. The maximum atomic E-state index is 5.80. The lowest BCUT2D eigenvalue weighted by Gasteiger charge is -2.21. The number of hydrogen-bond donors (Lipinski definition) is 1. The highest BCUT2D eigenvalue weighted by atomic mass is 16.5. The van der Waals surface area contributed by atoms with Gasteiger partial charge in [0.2, 0.25) is 5.88 Å². The van der Waals surface area contributed by atoms with Gasteiger partial charge in [-0.05, 0) is 52.4 Å². The molecule has 1 heterocycles. The summed E-state index contributed by atoms with van der Waals surface area (Å²) >= 11 is 0. The van der Waals surface area contributed by atoms with Crippen LogP contribution in [0.2, 0.25) is 0 Å². The SMILES string of the molecule is CC(C)c1cc(CNC(C)(C)C)cc(OCCN(C)C)n1. The normalized spacial score (nSPS) is 12.2. The number of rotatable bonds is 7. The molecule has 1 rings (SSSR count). The first-order valence-corrected chi connectivity index (χ1v) is 7.71. The quantitative estimate of drug-likeness (QED) is 0.838. The van der Waals surface area contributed by atoms with Crippen LogP contribution in [0.1, 0.15) is 51.8 Å². The van der Waals surface area contributed by atoms with Crippen LogP contribution < -0.4 is 10.1 Å². The minimum Gasteiger partial charge on any atom is -0.476 e. The van der Waals surface area contributed by atoms with Crippen molar-refractivity contribution >= 4 is 0 Å². The third kappa shape index (κ3) is 7.44. The van der Waals surface area contributed by atoms with E-state index in [1.807, 2.05) is 20.2 Å². The topological polar surface area (TPSA) is 37.4 Å². The highest BCUT2D eigenvalue weighted by molar-refractivity contribution is 5.26. The van der Waals surface area contributed by atoms with E-state index in [0.29, 0.717) is 12.5 Å². The molecule has 0 radical (unpaired) electrons. The molecule has 0 aliphatic heterocycles. The smallest absolute Gasteiger partial charge is 0.213 e. The van der Waals surface area contributed by atoms with Gasteiger partial charge in [-0.1, -0.05) is 13.8 Å². The zero-order valence-electron chi connectivity index (χ0n) is 14.7. The van der Waals surface area contributed by atoms with Gasteiger partial charge in [0.1, 0.15) is 6.61 Å². The van der Waals surface area contributed by atoms with Crippen molar-refractivity contribution < 1.29 is 4.74 Å². The molecule has 0 saturated heterocycles. The summed E-state index contributed by atoms with van der Waals surface area (Å²) in [6.07, 6.45) is 0. The molecular weight excluding hydrogens is 262 g/mol. The van der Waals surface area contributed by atoms with Crippen molar-refractivity contribution in [1.29, 1.82) is 0 Å². The molecule has 1 aromatic rings. The van der Waals surface area contributed by atoms with Crippen LogP contribution in [0, 0.1) is 0 Å². The summed E-state index contributed by atoms with van der Waals surface area (Å²) in [5.74, 6) is 1.13. The van der Waals surface area contributed by atoms with Gasteiger partial charge < -0.3 is 15.0 Å². The van der Waals surface area contributed by atoms with E-state index in [1.165, 1.54) is 5.56 Å². The van der Waals surface area contributed by atoms with Crippen molar-refractivity contribution in [1.82, 2.24) is 15.2 Å². The fourth-order valence-electron chi connectivity index (χ4n) is 1.75. The van der Waals surface area contributed by atoms with Crippen LogP contribution in [0.15, 0.2) is 12.1 Å². The van der Waals surface area contributed by atoms with Gasteiger partial charge in [-0.15, -0.1) is 0 Å². The Labute approximate surface area is 129 Å². The molecule has 0 aromatic carbocycles. The fraction of sp³-hybridized carbons (Fsp3) is 0.706. The first-order valence-electron chi connectivity index (χ1n) is 7.71. The predicted octanol–water partition coefficient (Wildman–Crippen LogP) is 3.03. The lowest BCUT2D eigenvalue weighted by atomic mass is 10.1. The molecule has 0 fully saturated rings. The van der Waals surface area contributed by atoms with Gasteiger partial charge >= 0.3 is 0 Å². The molecule has 0 bridgehead atoms. The molecule has 0 aliphatic rings. The molecule has 0 amide bonds. The van der Waals surface area contributed by atoms with Crippen LogP contribution in [0.4, 0.5) is 0 Å². The second-order valence-corrected chi connectivity index (χ2v) is 7.15. The monoisotopic (exact) mass is 293 g/mol. The van der Waals surface area contributed by atoms with Crippen LogP contribution in [0.5, 0.6) is 5.88 Å².